The fourth-order valence-corrected chi connectivity index (χ4v) is 2.16. The van der Waals surface area contributed by atoms with Crippen molar-refractivity contribution in [1.82, 2.24) is 5.43 Å². The summed E-state index contributed by atoms with van der Waals surface area (Å²) in [6, 6.07) is 5.51. The number of hydrazone groups is 1. The van der Waals surface area contributed by atoms with Gasteiger partial charge in [-0.05, 0) is 12.1 Å². The summed E-state index contributed by atoms with van der Waals surface area (Å²) in [4.78, 5) is 11.1. The van der Waals surface area contributed by atoms with Gasteiger partial charge in [0.25, 0.3) is 0 Å². The van der Waals surface area contributed by atoms with Gasteiger partial charge in [0.2, 0.25) is 5.91 Å². The summed E-state index contributed by atoms with van der Waals surface area (Å²) in [5.41, 5.74) is 3.89. The molecule has 2 heterocycles. The number of rotatable bonds is 3. The summed E-state index contributed by atoms with van der Waals surface area (Å²) < 4.78 is 16.3. The molecular weight excluding hydrogens is 260 g/mol. The average Bonchev–Trinajstić information content (AvgIpc) is 2.89. The van der Waals surface area contributed by atoms with Crippen LogP contribution in [0.2, 0.25) is 0 Å². The standard InChI is InChI=1S/C14H14N2O4/c1-18-12-6-8-5-11(9-3-4-14(17)16-15-9)20-10(8)7-13(12)19-2/h5-7H,3-4H2,1-2H3,(H,16,17). The van der Waals surface area contributed by atoms with E-state index < -0.39 is 0 Å². The zero-order valence-electron chi connectivity index (χ0n) is 11.2. The summed E-state index contributed by atoms with van der Waals surface area (Å²) in [6.45, 7) is 0. The molecule has 1 amide bonds. The SMILES string of the molecule is COc1cc2cc(C3=NNC(=O)CC3)oc2cc1OC. The van der Waals surface area contributed by atoms with Gasteiger partial charge < -0.3 is 13.9 Å². The quantitative estimate of drug-likeness (QED) is 0.929. The van der Waals surface area contributed by atoms with Gasteiger partial charge in [-0.15, -0.1) is 0 Å². The minimum atomic E-state index is -0.0757. The van der Waals surface area contributed by atoms with Crippen LogP contribution >= 0.6 is 0 Å². The molecule has 1 aliphatic rings. The Kier molecular flexibility index (Phi) is 3.06. The van der Waals surface area contributed by atoms with E-state index in [1.165, 1.54) is 0 Å². The van der Waals surface area contributed by atoms with Crippen molar-refractivity contribution in [3.8, 4) is 11.5 Å². The summed E-state index contributed by atoms with van der Waals surface area (Å²) in [5, 5.41) is 4.92. The Hall–Kier alpha value is -2.50. The molecule has 1 aromatic heterocycles. The normalized spacial score (nSPS) is 14.9. The number of benzene rings is 1. The average molecular weight is 274 g/mol. The van der Waals surface area contributed by atoms with E-state index >= 15 is 0 Å². The van der Waals surface area contributed by atoms with E-state index in [-0.39, 0.29) is 5.91 Å². The number of methoxy groups -OCH3 is 2. The van der Waals surface area contributed by atoms with Crippen molar-refractivity contribution in [2.24, 2.45) is 5.10 Å². The molecule has 1 aliphatic heterocycles. The lowest BCUT2D eigenvalue weighted by Gasteiger charge is -2.09. The van der Waals surface area contributed by atoms with E-state index in [1.807, 2.05) is 12.1 Å². The van der Waals surface area contributed by atoms with Gasteiger partial charge in [-0.25, -0.2) is 5.43 Å². The lowest BCUT2D eigenvalue weighted by atomic mass is 10.1. The predicted molar refractivity (Wildman–Crippen MR) is 73.2 cm³/mol. The Morgan fingerprint density at radius 2 is 1.90 bits per heavy atom. The van der Waals surface area contributed by atoms with E-state index in [1.54, 1.807) is 20.3 Å². The van der Waals surface area contributed by atoms with E-state index in [4.69, 9.17) is 13.9 Å². The molecule has 0 fully saturated rings. The van der Waals surface area contributed by atoms with E-state index in [0.29, 0.717) is 35.7 Å². The van der Waals surface area contributed by atoms with Gasteiger partial charge in [-0.2, -0.15) is 5.10 Å². The molecule has 0 radical (unpaired) electrons. The van der Waals surface area contributed by atoms with Gasteiger partial charge in [0.15, 0.2) is 17.3 Å². The number of hydrogen-bond donors (Lipinski definition) is 1. The predicted octanol–water partition coefficient (Wildman–Crippen LogP) is 2.06. The molecule has 20 heavy (non-hydrogen) atoms. The van der Waals surface area contributed by atoms with Crippen LogP contribution in [-0.2, 0) is 4.79 Å². The van der Waals surface area contributed by atoms with Crippen molar-refractivity contribution in [3.63, 3.8) is 0 Å². The fourth-order valence-electron chi connectivity index (χ4n) is 2.16. The molecule has 0 unspecified atom stereocenters. The summed E-state index contributed by atoms with van der Waals surface area (Å²) in [6.07, 6.45) is 0.989. The number of carbonyl (C=O) groups excluding carboxylic acids is 1. The first-order chi connectivity index (χ1) is 9.71. The van der Waals surface area contributed by atoms with Gasteiger partial charge in [0, 0.05) is 24.3 Å². The Bertz CT molecular complexity index is 662. The first-order valence-electron chi connectivity index (χ1n) is 6.22. The second-order valence-corrected chi connectivity index (χ2v) is 4.45. The van der Waals surface area contributed by atoms with Crippen molar-refractivity contribution in [1.29, 1.82) is 0 Å². The number of nitrogens with one attached hydrogen (secondary N) is 1. The highest BCUT2D eigenvalue weighted by atomic mass is 16.5. The van der Waals surface area contributed by atoms with E-state index in [2.05, 4.69) is 10.5 Å². The van der Waals surface area contributed by atoms with Crippen LogP contribution in [0.1, 0.15) is 18.6 Å². The molecule has 1 aromatic carbocycles. The van der Waals surface area contributed by atoms with Gasteiger partial charge in [0.1, 0.15) is 11.3 Å². The van der Waals surface area contributed by atoms with Crippen molar-refractivity contribution in [2.45, 2.75) is 12.8 Å². The van der Waals surface area contributed by atoms with Crippen LogP contribution in [0.25, 0.3) is 11.0 Å². The molecule has 0 saturated carbocycles. The molecule has 0 aliphatic carbocycles. The molecule has 0 bridgehead atoms. The number of nitrogens with zero attached hydrogens (tertiary/aromatic N) is 1. The zero-order chi connectivity index (χ0) is 14.1. The largest absolute Gasteiger partial charge is 0.493 e. The molecule has 0 saturated heterocycles. The van der Waals surface area contributed by atoms with Crippen molar-refractivity contribution in [2.75, 3.05) is 14.2 Å². The van der Waals surface area contributed by atoms with Crippen molar-refractivity contribution >= 4 is 22.6 Å². The third kappa shape index (κ3) is 2.09. The number of fused-ring (bicyclic) bond motifs is 1. The minimum Gasteiger partial charge on any atom is -0.493 e. The monoisotopic (exact) mass is 274 g/mol. The molecular formula is C14H14N2O4. The van der Waals surface area contributed by atoms with Gasteiger partial charge in [-0.1, -0.05) is 0 Å². The van der Waals surface area contributed by atoms with Crippen molar-refractivity contribution < 1.29 is 18.7 Å². The first-order valence-corrected chi connectivity index (χ1v) is 6.22. The Labute approximate surface area is 115 Å². The maximum absolute atomic E-state index is 11.1. The van der Waals surface area contributed by atoms with Crippen LogP contribution in [0.4, 0.5) is 0 Å². The molecule has 6 nitrogen and oxygen atoms in total. The summed E-state index contributed by atoms with van der Waals surface area (Å²) >= 11 is 0. The number of ether oxygens (including phenoxy) is 2. The third-order valence-electron chi connectivity index (χ3n) is 3.21. The van der Waals surface area contributed by atoms with Crippen molar-refractivity contribution in [3.05, 3.63) is 24.0 Å². The van der Waals surface area contributed by atoms with E-state index in [0.717, 1.165) is 11.1 Å². The highest BCUT2D eigenvalue weighted by Gasteiger charge is 2.18. The molecule has 3 rings (SSSR count). The third-order valence-corrected chi connectivity index (χ3v) is 3.21. The highest BCUT2D eigenvalue weighted by molar-refractivity contribution is 6.04. The second kappa shape index (κ2) is 4.88. The van der Waals surface area contributed by atoms with Crippen LogP contribution in [0, 0.1) is 0 Å². The zero-order valence-corrected chi connectivity index (χ0v) is 11.2. The lowest BCUT2D eigenvalue weighted by Crippen LogP contribution is -2.25. The molecule has 1 N–H and O–H groups in total. The van der Waals surface area contributed by atoms with Crippen LogP contribution in [0.3, 0.4) is 0 Å². The molecule has 2 aromatic rings. The van der Waals surface area contributed by atoms with Gasteiger partial charge in [-0.3, -0.25) is 4.79 Å². The van der Waals surface area contributed by atoms with Gasteiger partial charge in [0.05, 0.1) is 14.2 Å². The minimum absolute atomic E-state index is 0.0757. The Morgan fingerprint density at radius 1 is 1.15 bits per heavy atom. The number of furan rings is 1. The smallest absolute Gasteiger partial charge is 0.240 e. The number of hydrogen-bond acceptors (Lipinski definition) is 5. The number of amides is 1. The van der Waals surface area contributed by atoms with Gasteiger partial charge >= 0.3 is 0 Å². The lowest BCUT2D eigenvalue weighted by molar-refractivity contribution is -0.121. The Balaban J connectivity index is 2.04. The molecule has 0 atom stereocenters. The van der Waals surface area contributed by atoms with E-state index in [9.17, 15) is 4.79 Å². The number of carbonyl (C=O) groups is 1. The second-order valence-electron chi connectivity index (χ2n) is 4.45. The highest BCUT2D eigenvalue weighted by Crippen LogP contribution is 2.34. The maximum Gasteiger partial charge on any atom is 0.240 e. The Morgan fingerprint density at radius 3 is 2.55 bits per heavy atom. The van der Waals surface area contributed by atoms with Crippen LogP contribution in [0.15, 0.2) is 27.7 Å². The summed E-state index contributed by atoms with van der Waals surface area (Å²) in [7, 11) is 3.17. The fraction of sp³-hybridized carbons (Fsp3) is 0.286. The van der Waals surface area contributed by atoms with Crippen LogP contribution in [-0.4, -0.2) is 25.8 Å². The molecule has 104 valence electrons. The maximum atomic E-state index is 11.1. The topological polar surface area (TPSA) is 73.1 Å². The molecule has 6 heteroatoms. The van der Waals surface area contributed by atoms with Crippen LogP contribution in [0.5, 0.6) is 11.5 Å². The van der Waals surface area contributed by atoms with Crippen LogP contribution < -0.4 is 14.9 Å². The molecule has 0 spiro atoms. The summed E-state index contributed by atoms with van der Waals surface area (Å²) in [5.74, 6) is 1.83. The first kappa shape index (κ1) is 12.5.